The van der Waals surface area contributed by atoms with Crippen molar-refractivity contribution in [2.24, 2.45) is 0 Å². The lowest BCUT2D eigenvalue weighted by molar-refractivity contribution is -0.00119. The number of aromatic nitrogens is 2. The fraction of sp³-hybridized carbons (Fsp3) is 0.500. The molecule has 0 aliphatic carbocycles. The van der Waals surface area contributed by atoms with Crippen LogP contribution in [0.15, 0.2) is 33.7 Å². The first-order valence-corrected chi connectivity index (χ1v) is 9.37. The Kier molecular flexibility index (Phi) is 4.98. The van der Waals surface area contributed by atoms with E-state index in [2.05, 4.69) is 10.1 Å². The first-order valence-electron chi connectivity index (χ1n) is 7.93. The Morgan fingerprint density at radius 3 is 2.67 bits per heavy atom. The van der Waals surface area contributed by atoms with Gasteiger partial charge >= 0.3 is 0 Å². The molecule has 0 unspecified atom stereocenters. The number of aryl methyl sites for hydroxylation is 2. The molecule has 2 aromatic rings. The van der Waals surface area contributed by atoms with E-state index in [-0.39, 0.29) is 12.7 Å². The molecular weight excluding hydrogens is 330 g/mol. The minimum atomic E-state index is -3.43. The summed E-state index contributed by atoms with van der Waals surface area (Å²) >= 11 is 0. The van der Waals surface area contributed by atoms with Crippen LogP contribution < -0.4 is 0 Å². The third-order valence-electron chi connectivity index (χ3n) is 4.04. The predicted molar refractivity (Wildman–Crippen MR) is 86.8 cm³/mol. The Morgan fingerprint density at radius 1 is 1.29 bits per heavy atom. The van der Waals surface area contributed by atoms with Gasteiger partial charge in [-0.1, -0.05) is 17.3 Å². The summed E-state index contributed by atoms with van der Waals surface area (Å²) < 4.78 is 37.6. The molecule has 1 fully saturated rings. The molecule has 7 nitrogen and oxygen atoms in total. The lowest BCUT2D eigenvalue weighted by Crippen LogP contribution is -2.40. The average molecular weight is 351 g/mol. The summed E-state index contributed by atoms with van der Waals surface area (Å²) in [5.41, 5.74) is 0.934. The zero-order valence-electron chi connectivity index (χ0n) is 13.8. The first kappa shape index (κ1) is 17.1. The molecule has 3 rings (SSSR count). The van der Waals surface area contributed by atoms with Gasteiger partial charge in [0.05, 0.1) is 11.0 Å². The molecule has 0 N–H and O–H groups in total. The normalized spacial score (nSPS) is 17.2. The van der Waals surface area contributed by atoms with Gasteiger partial charge in [-0.2, -0.15) is 9.29 Å². The van der Waals surface area contributed by atoms with Gasteiger partial charge in [0.15, 0.2) is 5.82 Å². The molecule has 2 heterocycles. The molecule has 0 saturated carbocycles. The molecule has 1 aliphatic heterocycles. The lowest BCUT2D eigenvalue weighted by Gasteiger charge is -2.31. The van der Waals surface area contributed by atoms with Crippen molar-refractivity contribution in [3.63, 3.8) is 0 Å². The second kappa shape index (κ2) is 7.00. The SMILES string of the molecule is Cc1cccc(S(=O)(=O)N2CCC(OCc3nc(C)no3)CC2)c1. The highest BCUT2D eigenvalue weighted by Crippen LogP contribution is 2.23. The molecule has 0 bridgehead atoms. The molecule has 0 spiro atoms. The van der Waals surface area contributed by atoms with E-state index in [9.17, 15) is 8.42 Å². The molecule has 1 aromatic carbocycles. The van der Waals surface area contributed by atoms with Gasteiger partial charge in [-0.25, -0.2) is 8.42 Å². The van der Waals surface area contributed by atoms with Crippen LogP contribution in [-0.2, 0) is 21.4 Å². The molecule has 130 valence electrons. The smallest absolute Gasteiger partial charge is 0.252 e. The molecule has 1 aliphatic rings. The Morgan fingerprint density at radius 2 is 2.04 bits per heavy atom. The highest BCUT2D eigenvalue weighted by molar-refractivity contribution is 7.89. The predicted octanol–water partition coefficient (Wildman–Crippen LogP) is 2.06. The van der Waals surface area contributed by atoms with Gasteiger partial charge < -0.3 is 9.26 Å². The van der Waals surface area contributed by atoms with E-state index in [1.807, 2.05) is 13.0 Å². The van der Waals surface area contributed by atoms with Crippen LogP contribution in [0.25, 0.3) is 0 Å². The summed E-state index contributed by atoms with van der Waals surface area (Å²) in [6, 6.07) is 7.00. The molecule has 0 amide bonds. The van der Waals surface area contributed by atoms with Crippen LogP contribution in [0.5, 0.6) is 0 Å². The van der Waals surface area contributed by atoms with E-state index in [0.717, 1.165) is 5.56 Å². The largest absolute Gasteiger partial charge is 0.368 e. The molecule has 1 aromatic heterocycles. The number of benzene rings is 1. The number of nitrogens with zero attached hydrogens (tertiary/aromatic N) is 3. The fourth-order valence-electron chi connectivity index (χ4n) is 2.75. The minimum Gasteiger partial charge on any atom is -0.368 e. The number of rotatable bonds is 5. The van der Waals surface area contributed by atoms with Crippen molar-refractivity contribution < 1.29 is 17.7 Å². The van der Waals surface area contributed by atoms with Crippen molar-refractivity contribution in [1.29, 1.82) is 0 Å². The highest BCUT2D eigenvalue weighted by Gasteiger charge is 2.29. The van der Waals surface area contributed by atoms with Crippen molar-refractivity contribution in [2.75, 3.05) is 13.1 Å². The average Bonchev–Trinajstić information content (AvgIpc) is 2.99. The number of ether oxygens (including phenoxy) is 1. The van der Waals surface area contributed by atoms with Crippen molar-refractivity contribution >= 4 is 10.0 Å². The van der Waals surface area contributed by atoms with Gasteiger partial charge in [-0.15, -0.1) is 0 Å². The maximum absolute atomic E-state index is 12.7. The lowest BCUT2D eigenvalue weighted by atomic mass is 10.1. The Labute approximate surface area is 141 Å². The number of piperidine rings is 1. The molecule has 0 radical (unpaired) electrons. The highest BCUT2D eigenvalue weighted by atomic mass is 32.2. The van der Waals surface area contributed by atoms with E-state index in [4.69, 9.17) is 9.26 Å². The van der Waals surface area contributed by atoms with Gasteiger partial charge in [0.2, 0.25) is 10.0 Å². The number of sulfonamides is 1. The molecular formula is C16H21N3O4S. The second-order valence-corrected chi connectivity index (χ2v) is 7.90. The van der Waals surface area contributed by atoms with E-state index in [1.165, 1.54) is 4.31 Å². The van der Waals surface area contributed by atoms with Crippen LogP contribution in [0.1, 0.15) is 30.1 Å². The van der Waals surface area contributed by atoms with Gasteiger partial charge in [0.1, 0.15) is 6.61 Å². The van der Waals surface area contributed by atoms with Crippen molar-refractivity contribution in [1.82, 2.24) is 14.4 Å². The molecule has 1 saturated heterocycles. The maximum Gasteiger partial charge on any atom is 0.252 e. The molecule has 0 atom stereocenters. The van der Waals surface area contributed by atoms with Gasteiger partial charge in [-0.05, 0) is 44.4 Å². The first-order chi connectivity index (χ1) is 11.4. The van der Waals surface area contributed by atoms with Crippen LogP contribution in [0.3, 0.4) is 0 Å². The number of hydrogen-bond donors (Lipinski definition) is 0. The van der Waals surface area contributed by atoms with Gasteiger partial charge in [0, 0.05) is 13.1 Å². The maximum atomic E-state index is 12.7. The van der Waals surface area contributed by atoms with Crippen molar-refractivity contribution in [3.05, 3.63) is 41.5 Å². The summed E-state index contributed by atoms with van der Waals surface area (Å²) in [4.78, 5) is 4.44. The Balaban J connectivity index is 1.56. The zero-order valence-corrected chi connectivity index (χ0v) is 14.6. The van der Waals surface area contributed by atoms with E-state index >= 15 is 0 Å². The van der Waals surface area contributed by atoms with Crippen LogP contribution >= 0.6 is 0 Å². The number of hydrogen-bond acceptors (Lipinski definition) is 6. The van der Waals surface area contributed by atoms with Crippen LogP contribution in [0.2, 0.25) is 0 Å². The third kappa shape index (κ3) is 3.82. The Bertz CT molecular complexity index is 795. The topological polar surface area (TPSA) is 85.5 Å². The van der Waals surface area contributed by atoms with E-state index < -0.39 is 10.0 Å². The monoisotopic (exact) mass is 351 g/mol. The van der Waals surface area contributed by atoms with E-state index in [1.54, 1.807) is 25.1 Å². The quantitative estimate of drug-likeness (QED) is 0.820. The molecule has 24 heavy (non-hydrogen) atoms. The summed E-state index contributed by atoms with van der Waals surface area (Å²) in [6.45, 7) is 4.80. The van der Waals surface area contributed by atoms with Crippen LogP contribution in [0, 0.1) is 13.8 Å². The standard InChI is InChI=1S/C16H21N3O4S/c1-12-4-3-5-15(10-12)24(20,21)19-8-6-14(7-9-19)22-11-16-17-13(2)18-23-16/h3-5,10,14H,6-9,11H2,1-2H3. The van der Waals surface area contributed by atoms with Crippen LogP contribution in [0.4, 0.5) is 0 Å². The second-order valence-electron chi connectivity index (χ2n) is 5.97. The summed E-state index contributed by atoms with van der Waals surface area (Å²) in [5.74, 6) is 1.02. The third-order valence-corrected chi connectivity index (χ3v) is 5.94. The molecule has 8 heteroatoms. The van der Waals surface area contributed by atoms with Crippen molar-refractivity contribution in [3.8, 4) is 0 Å². The Hall–Kier alpha value is -1.77. The van der Waals surface area contributed by atoms with E-state index in [0.29, 0.717) is 42.5 Å². The summed E-state index contributed by atoms with van der Waals surface area (Å²) in [7, 11) is -3.43. The fourth-order valence-corrected chi connectivity index (χ4v) is 4.33. The van der Waals surface area contributed by atoms with Gasteiger partial charge in [-0.3, -0.25) is 0 Å². The zero-order chi connectivity index (χ0) is 17.2. The summed E-state index contributed by atoms with van der Waals surface area (Å²) in [6.07, 6.45) is 1.30. The van der Waals surface area contributed by atoms with Crippen molar-refractivity contribution in [2.45, 2.75) is 44.3 Å². The minimum absolute atomic E-state index is 0.00108. The summed E-state index contributed by atoms with van der Waals surface area (Å²) in [5, 5.41) is 3.71. The van der Waals surface area contributed by atoms with Crippen LogP contribution in [-0.4, -0.2) is 42.1 Å². The van der Waals surface area contributed by atoms with Gasteiger partial charge in [0.25, 0.3) is 5.89 Å².